The summed E-state index contributed by atoms with van der Waals surface area (Å²) in [6.07, 6.45) is 0. The molecular formula is C9H19NOS. The third-order valence-electron chi connectivity index (χ3n) is 2.58. The van der Waals surface area contributed by atoms with Crippen molar-refractivity contribution in [2.45, 2.75) is 57.9 Å². The van der Waals surface area contributed by atoms with Crippen LogP contribution in [0.1, 0.15) is 41.5 Å². The summed E-state index contributed by atoms with van der Waals surface area (Å²) in [4.78, 5) is 0. The number of rotatable bonds is 1. The highest BCUT2D eigenvalue weighted by molar-refractivity contribution is 7.84. The van der Waals surface area contributed by atoms with Gasteiger partial charge in [-0.05, 0) is 41.5 Å². The predicted molar refractivity (Wildman–Crippen MR) is 53.3 cm³/mol. The molecule has 0 aromatic heterocycles. The summed E-state index contributed by atoms with van der Waals surface area (Å²) in [5.74, 6) is 0. The molecule has 1 fully saturated rings. The quantitative estimate of drug-likeness (QED) is 0.577. The van der Waals surface area contributed by atoms with E-state index in [2.05, 4.69) is 25.1 Å². The lowest BCUT2D eigenvalue weighted by atomic mass is 10.2. The average molecular weight is 189 g/mol. The molecule has 1 saturated heterocycles. The highest BCUT2D eigenvalue weighted by Crippen LogP contribution is 2.43. The van der Waals surface area contributed by atoms with E-state index in [1.54, 1.807) is 0 Å². The number of hydrogen-bond acceptors (Lipinski definition) is 1. The zero-order valence-corrected chi connectivity index (χ0v) is 9.66. The van der Waals surface area contributed by atoms with E-state index >= 15 is 0 Å². The molecule has 2 nitrogen and oxygen atoms in total. The molecule has 3 heteroatoms. The first-order chi connectivity index (χ1) is 5.19. The van der Waals surface area contributed by atoms with E-state index in [0.29, 0.717) is 6.04 Å². The van der Waals surface area contributed by atoms with Crippen molar-refractivity contribution in [1.29, 1.82) is 0 Å². The first-order valence-corrected chi connectivity index (χ1v) is 5.51. The Morgan fingerprint density at radius 1 is 1.33 bits per heavy atom. The first kappa shape index (κ1) is 10.2. The summed E-state index contributed by atoms with van der Waals surface area (Å²) in [6.45, 7) is 12.5. The normalized spacial score (nSPS) is 36.2. The molecule has 0 saturated carbocycles. The van der Waals surface area contributed by atoms with Crippen LogP contribution >= 0.6 is 0 Å². The molecule has 1 rings (SSSR count). The van der Waals surface area contributed by atoms with E-state index in [1.807, 2.05) is 20.8 Å². The average Bonchev–Trinajstić information content (AvgIpc) is 2.30. The summed E-state index contributed by atoms with van der Waals surface area (Å²) in [6, 6.07) is 0.456. The van der Waals surface area contributed by atoms with Crippen LogP contribution in [-0.2, 0) is 11.0 Å². The Morgan fingerprint density at radius 3 is 1.75 bits per heavy atom. The molecule has 3 atom stereocenters. The standard InChI is InChI=1S/C9H19NOS/c1-7-9(5,6)10(7)12(11)8(2,3)4/h7H,1-6H3/t7-,10?,12+/m0/s1. The van der Waals surface area contributed by atoms with Crippen molar-refractivity contribution in [3.8, 4) is 0 Å². The maximum Gasteiger partial charge on any atom is 0.101 e. The van der Waals surface area contributed by atoms with Gasteiger partial charge in [0.15, 0.2) is 0 Å². The molecule has 0 aromatic carbocycles. The van der Waals surface area contributed by atoms with Crippen LogP contribution in [0.15, 0.2) is 0 Å². The van der Waals surface area contributed by atoms with Gasteiger partial charge in [-0.2, -0.15) is 0 Å². The Morgan fingerprint density at radius 2 is 1.67 bits per heavy atom. The molecule has 0 bridgehead atoms. The zero-order valence-electron chi connectivity index (χ0n) is 8.84. The predicted octanol–water partition coefficient (Wildman–Crippen LogP) is 1.93. The SMILES string of the molecule is C[C@@H]1N([S@](=O)C(C)(C)C)C1(C)C. The zero-order chi connectivity index (χ0) is 9.73. The lowest BCUT2D eigenvalue weighted by Crippen LogP contribution is -2.29. The number of nitrogens with zero attached hydrogens (tertiary/aromatic N) is 1. The van der Waals surface area contributed by atoms with Gasteiger partial charge in [0.25, 0.3) is 0 Å². The van der Waals surface area contributed by atoms with Gasteiger partial charge in [0.05, 0.1) is 4.75 Å². The van der Waals surface area contributed by atoms with Crippen LogP contribution in [0.2, 0.25) is 0 Å². The van der Waals surface area contributed by atoms with Gasteiger partial charge in [-0.1, -0.05) is 0 Å². The van der Waals surface area contributed by atoms with Crippen molar-refractivity contribution in [3.05, 3.63) is 0 Å². The molecule has 0 aliphatic carbocycles. The second-order valence-corrected chi connectivity index (χ2v) is 7.13. The van der Waals surface area contributed by atoms with Crippen LogP contribution in [0.25, 0.3) is 0 Å². The molecule has 1 aliphatic heterocycles. The summed E-state index contributed by atoms with van der Waals surface area (Å²) >= 11 is 0. The second-order valence-electron chi connectivity index (χ2n) is 5.02. The van der Waals surface area contributed by atoms with E-state index in [1.165, 1.54) is 0 Å². The summed E-state index contributed by atoms with van der Waals surface area (Å²) in [5.41, 5.74) is 0.137. The molecule has 0 spiro atoms. The molecule has 0 radical (unpaired) electrons. The summed E-state index contributed by atoms with van der Waals surface area (Å²) < 4.78 is 13.8. The smallest absolute Gasteiger partial charge is 0.101 e. The number of hydrogen-bond donors (Lipinski definition) is 0. The molecule has 1 aliphatic rings. The van der Waals surface area contributed by atoms with Crippen LogP contribution in [-0.4, -0.2) is 24.8 Å². The van der Waals surface area contributed by atoms with Gasteiger partial charge in [0.2, 0.25) is 0 Å². The van der Waals surface area contributed by atoms with Gasteiger partial charge in [0.1, 0.15) is 11.0 Å². The molecule has 1 heterocycles. The first-order valence-electron chi connectivity index (χ1n) is 4.40. The molecule has 72 valence electrons. The molecule has 12 heavy (non-hydrogen) atoms. The largest absolute Gasteiger partial charge is 0.242 e. The van der Waals surface area contributed by atoms with Crippen LogP contribution in [0.3, 0.4) is 0 Å². The molecular weight excluding hydrogens is 170 g/mol. The highest BCUT2D eigenvalue weighted by atomic mass is 32.2. The fourth-order valence-electron chi connectivity index (χ4n) is 1.30. The van der Waals surface area contributed by atoms with E-state index < -0.39 is 11.0 Å². The molecule has 0 amide bonds. The van der Waals surface area contributed by atoms with Crippen LogP contribution < -0.4 is 0 Å². The maximum atomic E-state index is 11.9. The Balaban J connectivity index is 2.72. The van der Waals surface area contributed by atoms with Gasteiger partial charge in [-0.25, -0.2) is 8.51 Å². The fraction of sp³-hybridized carbons (Fsp3) is 1.00. The third-order valence-corrected chi connectivity index (χ3v) is 4.77. The molecule has 0 aromatic rings. The Labute approximate surface area is 77.9 Å². The van der Waals surface area contributed by atoms with Gasteiger partial charge >= 0.3 is 0 Å². The minimum absolute atomic E-state index is 0.123. The third kappa shape index (κ3) is 1.44. The van der Waals surface area contributed by atoms with Gasteiger partial charge in [0, 0.05) is 11.6 Å². The second kappa shape index (κ2) is 2.55. The van der Waals surface area contributed by atoms with E-state index in [-0.39, 0.29) is 10.3 Å². The minimum Gasteiger partial charge on any atom is -0.242 e. The van der Waals surface area contributed by atoms with Gasteiger partial charge in [-0.3, -0.25) is 0 Å². The maximum absolute atomic E-state index is 11.9. The van der Waals surface area contributed by atoms with Crippen molar-refractivity contribution in [1.82, 2.24) is 4.31 Å². The fourth-order valence-corrected chi connectivity index (χ4v) is 2.96. The van der Waals surface area contributed by atoms with Crippen molar-refractivity contribution < 1.29 is 4.21 Å². The molecule has 1 unspecified atom stereocenters. The summed E-state index contributed by atoms with van der Waals surface area (Å²) in [7, 11) is -0.844. The van der Waals surface area contributed by atoms with Crippen molar-refractivity contribution in [2.75, 3.05) is 0 Å². The Kier molecular flexibility index (Phi) is 2.16. The summed E-state index contributed by atoms with van der Waals surface area (Å²) in [5, 5.41) is 0. The van der Waals surface area contributed by atoms with E-state index in [4.69, 9.17) is 0 Å². The highest BCUT2D eigenvalue weighted by Gasteiger charge is 2.57. The Hall–Kier alpha value is 0.110. The van der Waals surface area contributed by atoms with Gasteiger partial charge in [-0.15, -0.1) is 0 Å². The van der Waals surface area contributed by atoms with Crippen LogP contribution in [0, 0.1) is 0 Å². The lowest BCUT2D eigenvalue weighted by molar-refractivity contribution is 0.571. The molecule has 0 N–H and O–H groups in total. The van der Waals surface area contributed by atoms with Crippen molar-refractivity contribution >= 4 is 11.0 Å². The van der Waals surface area contributed by atoms with Gasteiger partial charge < -0.3 is 0 Å². The minimum atomic E-state index is -0.844. The van der Waals surface area contributed by atoms with E-state index in [0.717, 1.165) is 0 Å². The van der Waals surface area contributed by atoms with Crippen molar-refractivity contribution in [2.24, 2.45) is 0 Å². The van der Waals surface area contributed by atoms with E-state index in [9.17, 15) is 4.21 Å². The monoisotopic (exact) mass is 189 g/mol. The van der Waals surface area contributed by atoms with Crippen molar-refractivity contribution in [3.63, 3.8) is 0 Å². The lowest BCUT2D eigenvalue weighted by Gasteiger charge is -2.19. The van der Waals surface area contributed by atoms with Crippen LogP contribution in [0.4, 0.5) is 0 Å². The topological polar surface area (TPSA) is 20.1 Å². The van der Waals surface area contributed by atoms with Crippen LogP contribution in [0.5, 0.6) is 0 Å². The Bertz CT molecular complexity index is 217.